The van der Waals surface area contributed by atoms with Crippen LogP contribution in [-0.2, 0) is 4.79 Å². The van der Waals surface area contributed by atoms with E-state index in [1.165, 1.54) is 0 Å². The Morgan fingerprint density at radius 1 is 1.32 bits per heavy atom. The van der Waals surface area contributed by atoms with E-state index in [2.05, 4.69) is 5.32 Å². The molecule has 0 heterocycles. The molecule has 19 heavy (non-hydrogen) atoms. The third kappa shape index (κ3) is 5.41. The molecule has 0 fully saturated rings. The van der Waals surface area contributed by atoms with Gasteiger partial charge < -0.3 is 16.2 Å². The summed E-state index contributed by atoms with van der Waals surface area (Å²) in [6, 6.07) is 9.30. The Morgan fingerprint density at radius 3 is 2.47 bits per heavy atom. The van der Waals surface area contributed by atoms with Gasteiger partial charge >= 0.3 is 0 Å². The molecule has 0 aliphatic carbocycles. The maximum absolute atomic E-state index is 11.9. The van der Waals surface area contributed by atoms with Gasteiger partial charge in [-0.2, -0.15) is 0 Å². The lowest BCUT2D eigenvalue weighted by atomic mass is 10.00. The molecule has 1 rings (SSSR count). The average molecular weight is 264 g/mol. The van der Waals surface area contributed by atoms with Crippen molar-refractivity contribution in [1.29, 1.82) is 0 Å². The summed E-state index contributed by atoms with van der Waals surface area (Å²) in [6.45, 7) is 4.13. The number of nitrogens with two attached hydrogens (primary N) is 1. The zero-order valence-corrected chi connectivity index (χ0v) is 11.7. The van der Waals surface area contributed by atoms with Gasteiger partial charge in [0.1, 0.15) is 0 Å². The molecule has 2 unspecified atom stereocenters. The van der Waals surface area contributed by atoms with Crippen LogP contribution in [0.2, 0.25) is 0 Å². The van der Waals surface area contributed by atoms with Gasteiger partial charge in [-0.15, -0.1) is 0 Å². The molecule has 4 N–H and O–H groups in total. The smallest absolute Gasteiger partial charge is 0.222 e. The monoisotopic (exact) mass is 264 g/mol. The summed E-state index contributed by atoms with van der Waals surface area (Å²) in [4.78, 5) is 11.9. The van der Waals surface area contributed by atoms with E-state index < -0.39 is 0 Å². The fourth-order valence-electron chi connectivity index (χ4n) is 1.99. The largest absolute Gasteiger partial charge is 0.396 e. The van der Waals surface area contributed by atoms with Gasteiger partial charge in [-0.25, -0.2) is 0 Å². The Hall–Kier alpha value is -1.39. The molecule has 0 saturated heterocycles. The molecular formula is C15H24N2O2. The molecule has 0 bridgehead atoms. The minimum absolute atomic E-state index is 0.000438. The van der Waals surface area contributed by atoms with E-state index >= 15 is 0 Å². The second kappa shape index (κ2) is 7.92. The molecule has 0 aliphatic rings. The number of carbonyl (C=O) groups excluding carboxylic acids is 1. The van der Waals surface area contributed by atoms with Crippen molar-refractivity contribution >= 4 is 5.91 Å². The van der Waals surface area contributed by atoms with Crippen LogP contribution in [0, 0.1) is 5.92 Å². The SMILES string of the molecule is CC(C)C(CCO)NC(=O)CC(N)c1ccccc1. The molecule has 0 radical (unpaired) electrons. The Labute approximate surface area is 115 Å². The Kier molecular flexibility index (Phi) is 6.53. The van der Waals surface area contributed by atoms with Gasteiger partial charge in [0.2, 0.25) is 5.91 Å². The van der Waals surface area contributed by atoms with Crippen LogP contribution in [0.4, 0.5) is 0 Å². The molecule has 0 saturated carbocycles. The van der Waals surface area contributed by atoms with Crippen molar-refractivity contribution < 1.29 is 9.90 Å². The highest BCUT2D eigenvalue weighted by molar-refractivity contribution is 5.77. The van der Waals surface area contributed by atoms with E-state index in [0.29, 0.717) is 12.3 Å². The van der Waals surface area contributed by atoms with Gasteiger partial charge in [-0.1, -0.05) is 44.2 Å². The third-order valence-electron chi connectivity index (χ3n) is 3.22. The minimum Gasteiger partial charge on any atom is -0.396 e. The van der Waals surface area contributed by atoms with Crippen molar-refractivity contribution in [3.8, 4) is 0 Å². The third-order valence-corrected chi connectivity index (χ3v) is 3.22. The fraction of sp³-hybridized carbons (Fsp3) is 0.533. The number of hydrogen-bond donors (Lipinski definition) is 3. The van der Waals surface area contributed by atoms with Crippen molar-refractivity contribution in [2.45, 2.75) is 38.8 Å². The first-order chi connectivity index (χ1) is 9.04. The summed E-state index contributed by atoms with van der Waals surface area (Å²) in [6.07, 6.45) is 0.836. The fourth-order valence-corrected chi connectivity index (χ4v) is 1.99. The van der Waals surface area contributed by atoms with Crippen LogP contribution in [-0.4, -0.2) is 23.7 Å². The number of nitrogens with one attached hydrogen (secondary N) is 1. The molecule has 106 valence electrons. The van der Waals surface area contributed by atoms with Gasteiger partial charge in [-0.05, 0) is 17.9 Å². The van der Waals surface area contributed by atoms with E-state index in [4.69, 9.17) is 10.8 Å². The van der Waals surface area contributed by atoms with Gasteiger partial charge in [0.25, 0.3) is 0 Å². The quantitative estimate of drug-likeness (QED) is 0.700. The van der Waals surface area contributed by atoms with E-state index in [-0.39, 0.29) is 31.0 Å². The molecule has 4 heteroatoms. The summed E-state index contributed by atoms with van der Waals surface area (Å²) in [5.74, 6) is 0.229. The molecule has 4 nitrogen and oxygen atoms in total. The number of rotatable bonds is 7. The highest BCUT2D eigenvalue weighted by Gasteiger charge is 2.17. The summed E-state index contributed by atoms with van der Waals surface area (Å²) >= 11 is 0. The molecule has 1 aromatic carbocycles. The van der Waals surface area contributed by atoms with Crippen molar-refractivity contribution in [1.82, 2.24) is 5.32 Å². The first-order valence-corrected chi connectivity index (χ1v) is 6.75. The highest BCUT2D eigenvalue weighted by atomic mass is 16.3. The predicted molar refractivity (Wildman–Crippen MR) is 76.5 cm³/mol. The maximum atomic E-state index is 11.9. The summed E-state index contributed by atoms with van der Waals surface area (Å²) in [5, 5.41) is 11.9. The maximum Gasteiger partial charge on any atom is 0.222 e. The van der Waals surface area contributed by atoms with Crippen LogP contribution in [0.25, 0.3) is 0 Å². The number of aliphatic hydroxyl groups is 1. The van der Waals surface area contributed by atoms with Gasteiger partial charge in [0.15, 0.2) is 0 Å². The summed E-state index contributed by atoms with van der Waals surface area (Å²) < 4.78 is 0. The Balaban J connectivity index is 2.50. The average Bonchev–Trinajstić information content (AvgIpc) is 2.39. The molecule has 1 aromatic rings. The molecule has 0 aromatic heterocycles. The van der Waals surface area contributed by atoms with E-state index in [9.17, 15) is 4.79 Å². The van der Waals surface area contributed by atoms with Crippen molar-refractivity contribution in [2.75, 3.05) is 6.61 Å². The van der Waals surface area contributed by atoms with Gasteiger partial charge in [0, 0.05) is 25.1 Å². The lowest BCUT2D eigenvalue weighted by Gasteiger charge is -2.22. The number of amides is 1. The summed E-state index contributed by atoms with van der Waals surface area (Å²) in [5.41, 5.74) is 6.97. The molecular weight excluding hydrogens is 240 g/mol. The summed E-state index contributed by atoms with van der Waals surface area (Å²) in [7, 11) is 0. The van der Waals surface area contributed by atoms with Gasteiger partial charge in [0.05, 0.1) is 0 Å². The standard InChI is InChI=1S/C15H24N2O2/c1-11(2)14(8-9-18)17-15(19)10-13(16)12-6-4-3-5-7-12/h3-7,11,13-14,18H,8-10,16H2,1-2H3,(H,17,19). The lowest BCUT2D eigenvalue weighted by Crippen LogP contribution is -2.40. The van der Waals surface area contributed by atoms with E-state index in [1.807, 2.05) is 44.2 Å². The van der Waals surface area contributed by atoms with Crippen LogP contribution in [0.3, 0.4) is 0 Å². The first-order valence-electron chi connectivity index (χ1n) is 6.75. The lowest BCUT2D eigenvalue weighted by molar-refractivity contribution is -0.122. The van der Waals surface area contributed by atoms with Crippen LogP contribution < -0.4 is 11.1 Å². The topological polar surface area (TPSA) is 75.3 Å². The molecule has 0 spiro atoms. The van der Waals surface area contributed by atoms with Crippen LogP contribution in [0.15, 0.2) is 30.3 Å². The van der Waals surface area contributed by atoms with Crippen LogP contribution in [0.5, 0.6) is 0 Å². The minimum atomic E-state index is -0.289. The van der Waals surface area contributed by atoms with Crippen LogP contribution in [0.1, 0.15) is 38.3 Å². The van der Waals surface area contributed by atoms with Crippen molar-refractivity contribution in [2.24, 2.45) is 11.7 Å². The zero-order chi connectivity index (χ0) is 14.3. The van der Waals surface area contributed by atoms with Gasteiger partial charge in [-0.3, -0.25) is 4.79 Å². The van der Waals surface area contributed by atoms with E-state index in [1.54, 1.807) is 0 Å². The second-order valence-electron chi connectivity index (χ2n) is 5.15. The van der Waals surface area contributed by atoms with Crippen molar-refractivity contribution in [3.63, 3.8) is 0 Å². The number of benzene rings is 1. The van der Waals surface area contributed by atoms with Crippen molar-refractivity contribution in [3.05, 3.63) is 35.9 Å². The second-order valence-corrected chi connectivity index (χ2v) is 5.15. The highest BCUT2D eigenvalue weighted by Crippen LogP contribution is 2.14. The normalized spacial score (nSPS) is 14.2. The number of hydrogen-bond acceptors (Lipinski definition) is 3. The van der Waals surface area contributed by atoms with Crippen LogP contribution >= 0.6 is 0 Å². The molecule has 1 amide bonds. The predicted octanol–water partition coefficient (Wildman–Crippen LogP) is 1.60. The Morgan fingerprint density at radius 2 is 1.95 bits per heavy atom. The Bertz CT molecular complexity index is 379. The first kappa shape index (κ1) is 15.7. The molecule has 2 atom stereocenters. The number of aliphatic hydroxyl groups excluding tert-OH is 1. The number of carbonyl (C=O) groups is 1. The molecule has 0 aliphatic heterocycles. The van der Waals surface area contributed by atoms with E-state index in [0.717, 1.165) is 5.56 Å². The zero-order valence-electron chi connectivity index (χ0n) is 11.7.